The van der Waals surface area contributed by atoms with Crippen LogP contribution in [-0.2, 0) is 11.3 Å². The highest BCUT2D eigenvalue weighted by molar-refractivity contribution is 5.75. The monoisotopic (exact) mass is 260 g/mol. The molecule has 19 heavy (non-hydrogen) atoms. The van der Waals surface area contributed by atoms with Gasteiger partial charge in [-0.3, -0.25) is 9.78 Å². The van der Waals surface area contributed by atoms with E-state index in [-0.39, 0.29) is 5.91 Å². The summed E-state index contributed by atoms with van der Waals surface area (Å²) in [6.07, 6.45) is 12.1. The summed E-state index contributed by atoms with van der Waals surface area (Å²) in [5, 5.41) is 0. The van der Waals surface area contributed by atoms with Crippen LogP contribution in [-0.4, -0.2) is 22.8 Å². The Bertz CT molecular complexity index is 385. The molecule has 1 aromatic rings. The molecule has 1 aliphatic carbocycles. The zero-order chi connectivity index (χ0) is 13.5. The largest absolute Gasteiger partial charge is 0.341 e. The number of carbonyl (C=O) groups excluding carboxylic acids is 1. The minimum absolute atomic E-state index is 0.259. The van der Waals surface area contributed by atoms with Gasteiger partial charge in [0.05, 0.1) is 0 Å². The molecule has 1 fully saturated rings. The smallest absolute Gasteiger partial charge is 0.222 e. The summed E-state index contributed by atoms with van der Waals surface area (Å²) in [4.78, 5) is 18.0. The molecule has 0 aliphatic heterocycles. The lowest BCUT2D eigenvalue weighted by Crippen LogP contribution is -2.26. The summed E-state index contributed by atoms with van der Waals surface area (Å²) in [7, 11) is 1.89. The lowest BCUT2D eigenvalue weighted by molar-refractivity contribution is -0.130. The second-order valence-electron chi connectivity index (χ2n) is 5.65. The Kier molecular flexibility index (Phi) is 5.37. The molecule has 0 spiro atoms. The number of pyridine rings is 1. The normalized spacial score (nSPS) is 16.3. The Balaban J connectivity index is 1.73. The van der Waals surface area contributed by atoms with Gasteiger partial charge >= 0.3 is 0 Å². The standard InChI is InChI=1S/C16H24N2O/c1-18(13-15-8-5-11-17-12-15)16(19)10-9-14-6-3-2-4-7-14/h5,8,11-12,14H,2-4,6-7,9-10,13H2,1H3. The van der Waals surface area contributed by atoms with Crippen LogP contribution >= 0.6 is 0 Å². The van der Waals surface area contributed by atoms with Gasteiger partial charge in [0.15, 0.2) is 0 Å². The summed E-state index contributed by atoms with van der Waals surface area (Å²) in [5.74, 6) is 1.04. The Morgan fingerprint density at radius 3 is 2.84 bits per heavy atom. The van der Waals surface area contributed by atoms with Crippen LogP contribution in [0, 0.1) is 5.92 Å². The predicted molar refractivity (Wildman–Crippen MR) is 76.5 cm³/mol. The van der Waals surface area contributed by atoms with Crippen molar-refractivity contribution in [3.63, 3.8) is 0 Å². The van der Waals surface area contributed by atoms with E-state index in [0.717, 1.165) is 17.9 Å². The van der Waals surface area contributed by atoms with Crippen LogP contribution in [0.3, 0.4) is 0 Å². The lowest BCUT2D eigenvalue weighted by atomic mass is 9.86. The molecule has 3 nitrogen and oxygen atoms in total. The van der Waals surface area contributed by atoms with E-state index in [1.54, 1.807) is 6.20 Å². The summed E-state index contributed by atoms with van der Waals surface area (Å²) in [6, 6.07) is 3.92. The van der Waals surface area contributed by atoms with Gasteiger partial charge in [-0.15, -0.1) is 0 Å². The molecule has 1 amide bonds. The van der Waals surface area contributed by atoms with E-state index in [1.165, 1.54) is 32.1 Å². The van der Waals surface area contributed by atoms with Crippen molar-refractivity contribution in [3.8, 4) is 0 Å². The highest BCUT2D eigenvalue weighted by atomic mass is 16.2. The zero-order valence-corrected chi connectivity index (χ0v) is 11.8. The summed E-state index contributed by atoms with van der Waals surface area (Å²) < 4.78 is 0. The molecule has 0 atom stereocenters. The fourth-order valence-electron chi connectivity index (χ4n) is 2.85. The van der Waals surface area contributed by atoms with E-state index in [2.05, 4.69) is 4.98 Å². The third kappa shape index (κ3) is 4.66. The Hall–Kier alpha value is -1.38. The molecule has 1 aromatic heterocycles. The van der Waals surface area contributed by atoms with Gasteiger partial charge in [-0.05, 0) is 24.0 Å². The van der Waals surface area contributed by atoms with Crippen molar-refractivity contribution in [3.05, 3.63) is 30.1 Å². The molecule has 0 radical (unpaired) electrons. The Labute approximate surface area is 116 Å². The molecule has 0 saturated heterocycles. The maximum absolute atomic E-state index is 12.1. The first-order valence-electron chi connectivity index (χ1n) is 7.38. The van der Waals surface area contributed by atoms with E-state index in [9.17, 15) is 4.79 Å². The topological polar surface area (TPSA) is 33.2 Å². The van der Waals surface area contributed by atoms with Gasteiger partial charge in [-0.25, -0.2) is 0 Å². The average molecular weight is 260 g/mol. The van der Waals surface area contributed by atoms with Crippen molar-refractivity contribution >= 4 is 5.91 Å². The highest BCUT2D eigenvalue weighted by Crippen LogP contribution is 2.27. The molecule has 3 heteroatoms. The Morgan fingerprint density at radius 1 is 1.37 bits per heavy atom. The van der Waals surface area contributed by atoms with Crippen LogP contribution in [0.2, 0.25) is 0 Å². The molecular formula is C16H24N2O. The van der Waals surface area contributed by atoms with E-state index < -0.39 is 0 Å². The first kappa shape index (κ1) is 14.0. The van der Waals surface area contributed by atoms with Gasteiger partial charge in [0, 0.05) is 32.4 Å². The Morgan fingerprint density at radius 2 is 2.16 bits per heavy atom. The fraction of sp³-hybridized carbons (Fsp3) is 0.625. The summed E-state index contributed by atoms with van der Waals surface area (Å²) in [5.41, 5.74) is 1.09. The van der Waals surface area contributed by atoms with Crippen molar-refractivity contribution in [2.24, 2.45) is 5.92 Å². The third-order valence-corrected chi connectivity index (χ3v) is 4.06. The summed E-state index contributed by atoms with van der Waals surface area (Å²) in [6.45, 7) is 0.664. The molecule has 0 unspecified atom stereocenters. The van der Waals surface area contributed by atoms with Gasteiger partial charge in [0.2, 0.25) is 5.91 Å². The average Bonchev–Trinajstić information content (AvgIpc) is 2.47. The first-order chi connectivity index (χ1) is 9.25. The van der Waals surface area contributed by atoms with E-state index in [4.69, 9.17) is 0 Å². The second kappa shape index (κ2) is 7.27. The van der Waals surface area contributed by atoms with Crippen molar-refractivity contribution in [1.29, 1.82) is 0 Å². The minimum Gasteiger partial charge on any atom is -0.341 e. The molecule has 0 aromatic carbocycles. The molecule has 2 rings (SSSR count). The molecule has 1 heterocycles. The van der Waals surface area contributed by atoms with Crippen LogP contribution < -0.4 is 0 Å². The van der Waals surface area contributed by atoms with Gasteiger partial charge in [0.1, 0.15) is 0 Å². The zero-order valence-electron chi connectivity index (χ0n) is 11.8. The van der Waals surface area contributed by atoms with Gasteiger partial charge in [-0.1, -0.05) is 38.2 Å². The van der Waals surface area contributed by atoms with Crippen LogP contribution in [0.15, 0.2) is 24.5 Å². The molecule has 0 bridgehead atoms. The minimum atomic E-state index is 0.259. The van der Waals surface area contributed by atoms with E-state index in [1.807, 2.05) is 30.3 Å². The lowest BCUT2D eigenvalue weighted by Gasteiger charge is -2.23. The second-order valence-corrected chi connectivity index (χ2v) is 5.65. The molecule has 104 valence electrons. The van der Waals surface area contributed by atoms with Crippen molar-refractivity contribution in [2.45, 2.75) is 51.5 Å². The summed E-state index contributed by atoms with van der Waals surface area (Å²) >= 11 is 0. The maximum atomic E-state index is 12.1. The predicted octanol–water partition coefficient (Wildman–Crippen LogP) is 3.40. The van der Waals surface area contributed by atoms with Crippen molar-refractivity contribution < 1.29 is 4.79 Å². The molecule has 0 N–H and O–H groups in total. The SMILES string of the molecule is CN(Cc1cccnc1)C(=O)CCC1CCCCC1. The quantitative estimate of drug-likeness (QED) is 0.813. The number of nitrogens with zero attached hydrogens (tertiary/aromatic N) is 2. The maximum Gasteiger partial charge on any atom is 0.222 e. The molecule has 1 aliphatic rings. The highest BCUT2D eigenvalue weighted by Gasteiger charge is 2.16. The number of carbonyl (C=O) groups is 1. The van der Waals surface area contributed by atoms with Crippen LogP contribution in [0.4, 0.5) is 0 Å². The van der Waals surface area contributed by atoms with Gasteiger partial charge in [-0.2, -0.15) is 0 Å². The first-order valence-corrected chi connectivity index (χ1v) is 7.38. The van der Waals surface area contributed by atoms with Crippen molar-refractivity contribution in [1.82, 2.24) is 9.88 Å². The number of hydrogen-bond donors (Lipinski definition) is 0. The van der Waals surface area contributed by atoms with E-state index in [0.29, 0.717) is 13.0 Å². The number of rotatable bonds is 5. The third-order valence-electron chi connectivity index (χ3n) is 4.06. The van der Waals surface area contributed by atoms with Crippen LogP contribution in [0.25, 0.3) is 0 Å². The van der Waals surface area contributed by atoms with Crippen molar-refractivity contribution in [2.75, 3.05) is 7.05 Å². The van der Waals surface area contributed by atoms with Gasteiger partial charge < -0.3 is 4.90 Å². The van der Waals surface area contributed by atoms with Gasteiger partial charge in [0.25, 0.3) is 0 Å². The number of hydrogen-bond acceptors (Lipinski definition) is 2. The molecule has 1 saturated carbocycles. The van der Waals surface area contributed by atoms with Crippen LogP contribution in [0.1, 0.15) is 50.5 Å². The van der Waals surface area contributed by atoms with Crippen LogP contribution in [0.5, 0.6) is 0 Å². The molecular weight excluding hydrogens is 236 g/mol. The number of aromatic nitrogens is 1. The number of amides is 1. The van der Waals surface area contributed by atoms with E-state index >= 15 is 0 Å². The fourth-order valence-corrected chi connectivity index (χ4v) is 2.85.